The van der Waals surface area contributed by atoms with Gasteiger partial charge in [0.05, 0.1) is 29.7 Å². The van der Waals surface area contributed by atoms with Crippen LogP contribution in [0.4, 0.5) is 5.69 Å². The highest BCUT2D eigenvalue weighted by atomic mass is 35.5. The van der Waals surface area contributed by atoms with Crippen LogP contribution in [-0.4, -0.2) is 58.0 Å². The predicted octanol–water partition coefficient (Wildman–Crippen LogP) is 3.70. The third kappa shape index (κ3) is 5.26. The van der Waals surface area contributed by atoms with Gasteiger partial charge in [0.1, 0.15) is 0 Å². The Morgan fingerprint density at radius 2 is 1.81 bits per heavy atom. The van der Waals surface area contributed by atoms with Gasteiger partial charge in [-0.1, -0.05) is 43.6 Å². The number of nitrogens with one attached hydrogen (secondary N) is 1. The SMILES string of the molecule is CCN(CC)S(=O)(=O)c1ccc(N2CCOCC2)c(C(=O)NC(C)c2ccccc2Cl)c1. The van der Waals surface area contributed by atoms with Gasteiger partial charge in [-0.15, -0.1) is 0 Å². The fourth-order valence-electron chi connectivity index (χ4n) is 3.83. The smallest absolute Gasteiger partial charge is 0.253 e. The first kappa shape index (κ1) is 24.5. The minimum atomic E-state index is -3.70. The molecule has 1 unspecified atom stereocenters. The number of halogens is 1. The summed E-state index contributed by atoms with van der Waals surface area (Å²) in [4.78, 5) is 15.5. The van der Waals surface area contributed by atoms with Crippen LogP contribution in [0.1, 0.15) is 42.7 Å². The number of hydrogen-bond donors (Lipinski definition) is 1. The van der Waals surface area contributed by atoms with Crippen LogP contribution >= 0.6 is 11.6 Å². The summed E-state index contributed by atoms with van der Waals surface area (Å²) in [5.74, 6) is -0.351. The Labute approximate surface area is 195 Å². The molecule has 0 bridgehead atoms. The Balaban J connectivity index is 2.00. The monoisotopic (exact) mass is 479 g/mol. The molecule has 3 rings (SSSR count). The highest BCUT2D eigenvalue weighted by molar-refractivity contribution is 7.89. The molecule has 0 aliphatic carbocycles. The lowest BCUT2D eigenvalue weighted by atomic mass is 10.1. The van der Waals surface area contributed by atoms with Gasteiger partial charge in [0.2, 0.25) is 10.0 Å². The molecule has 7 nitrogen and oxygen atoms in total. The van der Waals surface area contributed by atoms with E-state index >= 15 is 0 Å². The summed E-state index contributed by atoms with van der Waals surface area (Å²) in [7, 11) is -3.70. The second-order valence-electron chi connectivity index (χ2n) is 7.58. The molecule has 32 heavy (non-hydrogen) atoms. The Hall–Kier alpha value is -2.13. The third-order valence-electron chi connectivity index (χ3n) is 5.63. The number of anilines is 1. The number of carbonyl (C=O) groups excluding carboxylic acids is 1. The number of benzene rings is 2. The number of amides is 1. The maximum absolute atomic E-state index is 13.4. The van der Waals surface area contributed by atoms with E-state index in [-0.39, 0.29) is 16.8 Å². The Kier molecular flexibility index (Phi) is 8.16. The van der Waals surface area contributed by atoms with Gasteiger partial charge in [0.15, 0.2) is 0 Å². The molecule has 1 saturated heterocycles. The Bertz CT molecular complexity index is 1050. The van der Waals surface area contributed by atoms with Crippen LogP contribution in [0.5, 0.6) is 0 Å². The largest absolute Gasteiger partial charge is 0.378 e. The zero-order chi connectivity index (χ0) is 23.3. The van der Waals surface area contributed by atoms with Gasteiger partial charge in [0, 0.05) is 36.9 Å². The van der Waals surface area contributed by atoms with Gasteiger partial charge in [0.25, 0.3) is 5.91 Å². The number of sulfonamides is 1. The minimum absolute atomic E-state index is 0.105. The van der Waals surface area contributed by atoms with E-state index in [1.54, 1.807) is 32.0 Å². The van der Waals surface area contributed by atoms with Gasteiger partial charge in [-0.05, 0) is 36.8 Å². The van der Waals surface area contributed by atoms with Gasteiger partial charge in [-0.25, -0.2) is 8.42 Å². The van der Waals surface area contributed by atoms with Crippen molar-refractivity contribution in [2.45, 2.75) is 31.7 Å². The maximum atomic E-state index is 13.4. The highest BCUT2D eigenvalue weighted by Crippen LogP contribution is 2.28. The molecular weight excluding hydrogens is 450 g/mol. The van der Waals surface area contributed by atoms with E-state index in [9.17, 15) is 13.2 Å². The fraction of sp³-hybridized carbons (Fsp3) is 0.435. The Morgan fingerprint density at radius 3 is 2.44 bits per heavy atom. The number of morpholine rings is 1. The van der Waals surface area contributed by atoms with Crippen molar-refractivity contribution >= 4 is 33.2 Å². The lowest BCUT2D eigenvalue weighted by Gasteiger charge is -2.31. The van der Waals surface area contributed by atoms with E-state index < -0.39 is 10.0 Å². The van der Waals surface area contributed by atoms with Crippen molar-refractivity contribution in [1.82, 2.24) is 9.62 Å². The van der Waals surface area contributed by atoms with Crippen molar-refractivity contribution in [2.24, 2.45) is 0 Å². The Morgan fingerprint density at radius 1 is 1.16 bits per heavy atom. The van der Waals surface area contributed by atoms with Crippen LogP contribution in [0.25, 0.3) is 0 Å². The second kappa shape index (κ2) is 10.7. The second-order valence-corrected chi connectivity index (χ2v) is 9.93. The molecule has 0 aromatic heterocycles. The topological polar surface area (TPSA) is 79.0 Å². The molecule has 1 atom stereocenters. The van der Waals surface area contributed by atoms with Crippen molar-refractivity contribution in [3.05, 3.63) is 58.6 Å². The van der Waals surface area contributed by atoms with Gasteiger partial charge >= 0.3 is 0 Å². The molecule has 1 heterocycles. The summed E-state index contributed by atoms with van der Waals surface area (Å²) in [6.45, 7) is 8.51. The normalized spacial score (nSPS) is 15.6. The average Bonchev–Trinajstić information content (AvgIpc) is 2.80. The zero-order valence-electron chi connectivity index (χ0n) is 18.7. The molecule has 1 aliphatic heterocycles. The van der Waals surface area contributed by atoms with Crippen LogP contribution in [0.2, 0.25) is 5.02 Å². The maximum Gasteiger partial charge on any atom is 0.253 e. The van der Waals surface area contributed by atoms with Crippen molar-refractivity contribution < 1.29 is 17.9 Å². The average molecular weight is 480 g/mol. The van der Waals surface area contributed by atoms with E-state index in [0.29, 0.717) is 55.7 Å². The highest BCUT2D eigenvalue weighted by Gasteiger charge is 2.27. The van der Waals surface area contributed by atoms with Crippen LogP contribution in [0, 0.1) is 0 Å². The van der Waals surface area contributed by atoms with Crippen LogP contribution in [0.3, 0.4) is 0 Å². The predicted molar refractivity (Wildman–Crippen MR) is 127 cm³/mol. The van der Waals surface area contributed by atoms with Crippen molar-refractivity contribution in [3.63, 3.8) is 0 Å². The lowest BCUT2D eigenvalue weighted by molar-refractivity contribution is 0.0938. The molecule has 0 saturated carbocycles. The van der Waals surface area contributed by atoms with E-state index in [4.69, 9.17) is 16.3 Å². The van der Waals surface area contributed by atoms with E-state index in [2.05, 4.69) is 5.32 Å². The van der Waals surface area contributed by atoms with Crippen LogP contribution in [0.15, 0.2) is 47.4 Å². The number of carbonyl (C=O) groups is 1. The summed E-state index contributed by atoms with van der Waals surface area (Å²) in [5, 5.41) is 3.54. The number of hydrogen-bond acceptors (Lipinski definition) is 5. The summed E-state index contributed by atoms with van der Waals surface area (Å²) >= 11 is 6.30. The molecule has 1 N–H and O–H groups in total. The summed E-state index contributed by atoms with van der Waals surface area (Å²) in [5.41, 5.74) is 1.80. The molecular formula is C23H30ClN3O4S. The molecule has 0 radical (unpaired) electrons. The molecule has 9 heteroatoms. The number of nitrogens with zero attached hydrogens (tertiary/aromatic N) is 2. The van der Waals surface area contributed by atoms with Crippen molar-refractivity contribution in [1.29, 1.82) is 0 Å². The lowest BCUT2D eigenvalue weighted by Crippen LogP contribution is -2.38. The zero-order valence-corrected chi connectivity index (χ0v) is 20.2. The van der Waals surface area contributed by atoms with E-state index in [1.807, 2.05) is 30.0 Å². The minimum Gasteiger partial charge on any atom is -0.378 e. The molecule has 2 aromatic carbocycles. The molecule has 1 fully saturated rings. The molecule has 1 amide bonds. The number of ether oxygens (including phenoxy) is 1. The van der Waals surface area contributed by atoms with Gasteiger partial charge < -0.3 is 15.0 Å². The molecule has 0 spiro atoms. The van der Waals surface area contributed by atoms with Crippen LogP contribution in [-0.2, 0) is 14.8 Å². The van der Waals surface area contributed by atoms with Crippen molar-refractivity contribution in [3.8, 4) is 0 Å². The van der Waals surface area contributed by atoms with Crippen LogP contribution < -0.4 is 10.2 Å². The molecule has 2 aromatic rings. The van der Waals surface area contributed by atoms with Gasteiger partial charge in [-0.2, -0.15) is 4.31 Å². The molecule has 174 valence electrons. The third-order valence-corrected chi connectivity index (χ3v) is 8.02. The van der Waals surface area contributed by atoms with Gasteiger partial charge in [-0.3, -0.25) is 4.79 Å². The first-order valence-electron chi connectivity index (χ1n) is 10.8. The molecule has 1 aliphatic rings. The van der Waals surface area contributed by atoms with E-state index in [0.717, 1.165) is 5.56 Å². The fourth-order valence-corrected chi connectivity index (χ4v) is 5.61. The summed E-state index contributed by atoms with van der Waals surface area (Å²) < 4.78 is 33.0. The van der Waals surface area contributed by atoms with Crippen molar-refractivity contribution in [2.75, 3.05) is 44.3 Å². The summed E-state index contributed by atoms with van der Waals surface area (Å²) in [6.07, 6.45) is 0. The standard InChI is InChI=1S/C23H30ClN3O4S/c1-4-27(5-2)32(29,30)18-10-11-22(26-12-14-31-15-13-26)20(16-18)23(28)25-17(3)19-8-6-7-9-21(19)24/h6-11,16-17H,4-5,12-15H2,1-3H3,(H,25,28). The van der Waals surface area contributed by atoms with E-state index in [1.165, 1.54) is 10.4 Å². The summed E-state index contributed by atoms with van der Waals surface area (Å²) in [6, 6.07) is 11.7. The number of rotatable bonds is 8. The first-order chi connectivity index (χ1) is 15.3. The first-order valence-corrected chi connectivity index (χ1v) is 12.6. The quantitative estimate of drug-likeness (QED) is 0.624.